The summed E-state index contributed by atoms with van der Waals surface area (Å²) in [6.45, 7) is 4.11. The summed E-state index contributed by atoms with van der Waals surface area (Å²) < 4.78 is 0. The van der Waals surface area contributed by atoms with Crippen LogP contribution in [0.2, 0.25) is 0 Å². The Labute approximate surface area is 86.4 Å². The largest absolute Gasteiger partial charge is 0.352 e. The van der Waals surface area contributed by atoms with E-state index in [-0.39, 0.29) is 18.0 Å². The van der Waals surface area contributed by atoms with E-state index in [2.05, 4.69) is 12.2 Å². The predicted molar refractivity (Wildman–Crippen MR) is 57.8 cm³/mol. The number of hydrogen-bond acceptors (Lipinski definition) is 2. The third-order valence-corrected chi connectivity index (χ3v) is 2.71. The summed E-state index contributed by atoms with van der Waals surface area (Å²) in [5.74, 6) is 0.868. The van der Waals surface area contributed by atoms with Crippen LogP contribution in [0.15, 0.2) is 0 Å². The number of hydrogen-bond donors (Lipinski definition) is 2. The van der Waals surface area contributed by atoms with Crippen molar-refractivity contribution in [1.82, 2.24) is 5.32 Å². The van der Waals surface area contributed by atoms with Crippen LogP contribution in [0.25, 0.3) is 0 Å². The molecule has 3 heteroatoms. The number of rotatable bonds is 6. The lowest BCUT2D eigenvalue weighted by molar-refractivity contribution is -0.123. The van der Waals surface area contributed by atoms with Crippen molar-refractivity contribution >= 4 is 5.91 Å². The average Bonchev–Trinajstić information content (AvgIpc) is 2.88. The van der Waals surface area contributed by atoms with Crippen LogP contribution in [0.3, 0.4) is 0 Å². The van der Waals surface area contributed by atoms with Gasteiger partial charge in [-0.05, 0) is 25.7 Å². The Morgan fingerprint density at radius 1 is 1.57 bits per heavy atom. The van der Waals surface area contributed by atoms with Crippen LogP contribution in [0.4, 0.5) is 0 Å². The van der Waals surface area contributed by atoms with Crippen molar-refractivity contribution in [3.8, 4) is 0 Å². The molecule has 1 amide bonds. The van der Waals surface area contributed by atoms with Gasteiger partial charge in [-0.25, -0.2) is 0 Å². The van der Waals surface area contributed by atoms with E-state index in [1.165, 1.54) is 12.8 Å². The van der Waals surface area contributed by atoms with Gasteiger partial charge in [0.2, 0.25) is 5.91 Å². The third kappa shape index (κ3) is 4.09. The Morgan fingerprint density at radius 2 is 2.21 bits per heavy atom. The van der Waals surface area contributed by atoms with Gasteiger partial charge in [0.25, 0.3) is 0 Å². The smallest absolute Gasteiger partial charge is 0.237 e. The molecule has 1 saturated carbocycles. The molecule has 1 fully saturated rings. The van der Waals surface area contributed by atoms with Crippen LogP contribution in [-0.4, -0.2) is 18.0 Å². The van der Waals surface area contributed by atoms with Gasteiger partial charge in [0.05, 0.1) is 6.04 Å². The Bertz CT molecular complexity index is 190. The number of carbonyl (C=O) groups is 1. The zero-order valence-electron chi connectivity index (χ0n) is 9.25. The van der Waals surface area contributed by atoms with Gasteiger partial charge in [0.15, 0.2) is 0 Å². The summed E-state index contributed by atoms with van der Waals surface area (Å²) in [5, 5.41) is 2.97. The summed E-state index contributed by atoms with van der Waals surface area (Å²) in [6.07, 6.45) is 5.53. The topological polar surface area (TPSA) is 55.1 Å². The molecule has 82 valence electrons. The number of nitrogens with two attached hydrogens (primary N) is 1. The number of carbonyl (C=O) groups excluding carboxylic acids is 1. The molecule has 3 N–H and O–H groups in total. The zero-order valence-corrected chi connectivity index (χ0v) is 9.25. The van der Waals surface area contributed by atoms with E-state index in [0.717, 1.165) is 25.2 Å². The normalized spacial score (nSPS) is 20.2. The highest BCUT2D eigenvalue weighted by molar-refractivity contribution is 5.81. The molecular formula is C11H22N2O. The first-order valence-corrected chi connectivity index (χ1v) is 5.69. The molecule has 1 unspecified atom stereocenters. The molecule has 0 heterocycles. The Morgan fingerprint density at radius 3 is 2.71 bits per heavy atom. The minimum atomic E-state index is -0.318. The van der Waals surface area contributed by atoms with Crippen molar-refractivity contribution in [2.24, 2.45) is 11.7 Å². The third-order valence-electron chi connectivity index (χ3n) is 2.71. The first-order valence-electron chi connectivity index (χ1n) is 5.69. The maximum atomic E-state index is 11.5. The first kappa shape index (κ1) is 11.5. The van der Waals surface area contributed by atoms with E-state index in [9.17, 15) is 4.79 Å². The highest BCUT2D eigenvalue weighted by atomic mass is 16.2. The van der Waals surface area contributed by atoms with E-state index in [1.807, 2.05) is 6.92 Å². The summed E-state index contributed by atoms with van der Waals surface area (Å²) >= 11 is 0. The monoisotopic (exact) mass is 198 g/mol. The number of nitrogens with one attached hydrogen (secondary N) is 1. The molecule has 1 aliphatic carbocycles. The van der Waals surface area contributed by atoms with Crippen LogP contribution in [0.1, 0.15) is 46.0 Å². The lowest BCUT2D eigenvalue weighted by Crippen LogP contribution is -2.44. The van der Waals surface area contributed by atoms with Crippen molar-refractivity contribution in [1.29, 1.82) is 0 Å². The maximum absolute atomic E-state index is 11.5. The predicted octanol–water partition coefficient (Wildman–Crippen LogP) is 1.42. The van der Waals surface area contributed by atoms with Gasteiger partial charge >= 0.3 is 0 Å². The fraction of sp³-hybridized carbons (Fsp3) is 0.909. The molecule has 0 aliphatic heterocycles. The molecule has 1 aliphatic rings. The minimum absolute atomic E-state index is 0.0139. The van der Waals surface area contributed by atoms with E-state index in [0.29, 0.717) is 0 Å². The molecule has 0 aromatic heterocycles. The highest BCUT2D eigenvalue weighted by Gasteiger charge is 2.24. The molecule has 2 atom stereocenters. The van der Waals surface area contributed by atoms with Gasteiger partial charge in [0.1, 0.15) is 0 Å². The Hall–Kier alpha value is -0.570. The summed E-state index contributed by atoms with van der Waals surface area (Å²) in [4.78, 5) is 11.5. The van der Waals surface area contributed by atoms with Crippen molar-refractivity contribution < 1.29 is 4.79 Å². The molecule has 3 nitrogen and oxygen atoms in total. The van der Waals surface area contributed by atoms with Gasteiger partial charge < -0.3 is 11.1 Å². The van der Waals surface area contributed by atoms with E-state index >= 15 is 0 Å². The molecular weight excluding hydrogens is 176 g/mol. The Balaban J connectivity index is 2.16. The standard InChI is InChI=1S/C11H22N2O/c1-3-4-10(12)11(14)13-8(2)7-9-5-6-9/h8-10H,3-7,12H2,1-2H3,(H,13,14)/t8?,10-/m0/s1. The average molecular weight is 198 g/mol. The second-order valence-electron chi connectivity index (χ2n) is 4.48. The summed E-state index contributed by atoms with van der Waals surface area (Å²) in [6, 6.07) is -0.0282. The second kappa shape index (κ2) is 5.35. The zero-order chi connectivity index (χ0) is 10.6. The second-order valence-corrected chi connectivity index (χ2v) is 4.48. The molecule has 0 aromatic rings. The highest BCUT2D eigenvalue weighted by Crippen LogP contribution is 2.33. The summed E-state index contributed by atoms with van der Waals surface area (Å²) in [5.41, 5.74) is 5.71. The van der Waals surface area contributed by atoms with Crippen LogP contribution in [-0.2, 0) is 4.79 Å². The molecule has 0 saturated heterocycles. The van der Waals surface area contributed by atoms with E-state index < -0.39 is 0 Å². The van der Waals surface area contributed by atoms with Crippen molar-refractivity contribution in [2.45, 2.75) is 58.0 Å². The molecule has 14 heavy (non-hydrogen) atoms. The fourth-order valence-corrected chi connectivity index (χ4v) is 1.70. The van der Waals surface area contributed by atoms with Crippen LogP contribution >= 0.6 is 0 Å². The van der Waals surface area contributed by atoms with E-state index in [1.54, 1.807) is 0 Å². The van der Waals surface area contributed by atoms with Crippen LogP contribution in [0, 0.1) is 5.92 Å². The van der Waals surface area contributed by atoms with Gasteiger partial charge in [-0.1, -0.05) is 26.2 Å². The quantitative estimate of drug-likeness (QED) is 0.678. The van der Waals surface area contributed by atoms with Crippen LogP contribution in [0.5, 0.6) is 0 Å². The van der Waals surface area contributed by atoms with Gasteiger partial charge in [-0.2, -0.15) is 0 Å². The Kier molecular flexibility index (Phi) is 4.39. The first-order chi connectivity index (χ1) is 6.63. The van der Waals surface area contributed by atoms with Gasteiger partial charge in [0, 0.05) is 6.04 Å². The SMILES string of the molecule is CCC[C@H](N)C(=O)NC(C)CC1CC1. The van der Waals surface area contributed by atoms with Crippen LogP contribution < -0.4 is 11.1 Å². The number of amides is 1. The van der Waals surface area contributed by atoms with Crippen molar-refractivity contribution in [3.05, 3.63) is 0 Å². The summed E-state index contributed by atoms with van der Waals surface area (Å²) in [7, 11) is 0. The molecule has 0 aromatic carbocycles. The van der Waals surface area contributed by atoms with Gasteiger partial charge in [-0.3, -0.25) is 4.79 Å². The fourth-order valence-electron chi connectivity index (χ4n) is 1.70. The molecule has 0 bridgehead atoms. The van der Waals surface area contributed by atoms with Crippen molar-refractivity contribution in [2.75, 3.05) is 0 Å². The van der Waals surface area contributed by atoms with Gasteiger partial charge in [-0.15, -0.1) is 0 Å². The minimum Gasteiger partial charge on any atom is -0.352 e. The molecule has 0 radical (unpaired) electrons. The molecule has 1 rings (SSSR count). The van der Waals surface area contributed by atoms with Crippen molar-refractivity contribution in [3.63, 3.8) is 0 Å². The lowest BCUT2D eigenvalue weighted by atomic mass is 10.1. The van der Waals surface area contributed by atoms with E-state index in [4.69, 9.17) is 5.73 Å². The molecule has 0 spiro atoms. The lowest BCUT2D eigenvalue weighted by Gasteiger charge is -2.16. The maximum Gasteiger partial charge on any atom is 0.237 e.